The standard InChI is InChI=1S/C26H35N3O6S2/c30-15-2-16-37(32,33)29-13-7-20(8-14-29)21-5-6-23-24(17-21)36-25(27-23)35-22-9-11-28(12-10-22)26(31)34-18-19-3-1-4-19/h5-7,17,19,22,30H,1-4,8-16,18H2. The van der Waals surface area contributed by atoms with E-state index in [9.17, 15) is 13.2 Å². The van der Waals surface area contributed by atoms with Crippen LogP contribution in [0.5, 0.6) is 5.19 Å². The van der Waals surface area contributed by atoms with Gasteiger partial charge >= 0.3 is 6.09 Å². The topological polar surface area (TPSA) is 109 Å². The minimum atomic E-state index is -3.33. The number of likely N-dealkylation sites (tertiary alicyclic amines) is 1. The lowest BCUT2D eigenvalue weighted by molar-refractivity contribution is 0.0500. The average Bonchev–Trinajstić information content (AvgIpc) is 3.28. The van der Waals surface area contributed by atoms with Crippen molar-refractivity contribution in [3.63, 3.8) is 0 Å². The molecule has 0 radical (unpaired) electrons. The number of aliphatic hydroxyl groups excluding tert-OH is 1. The molecule has 3 heterocycles. The SMILES string of the molecule is O=C(OCC1CCC1)N1CCC(Oc2nc3ccc(C4=CCN(S(=O)(=O)CCCO)CC4)cc3s2)CC1. The molecule has 202 valence electrons. The van der Waals surface area contributed by atoms with Crippen molar-refractivity contribution in [3.05, 3.63) is 29.8 Å². The summed E-state index contributed by atoms with van der Waals surface area (Å²) >= 11 is 1.51. The molecule has 11 heteroatoms. The van der Waals surface area contributed by atoms with Crippen LogP contribution in [0.25, 0.3) is 15.8 Å². The summed E-state index contributed by atoms with van der Waals surface area (Å²) < 4.78 is 38.9. The van der Waals surface area contributed by atoms with Crippen LogP contribution in [0.3, 0.4) is 0 Å². The summed E-state index contributed by atoms with van der Waals surface area (Å²) in [5.41, 5.74) is 3.08. The fourth-order valence-corrected chi connectivity index (χ4v) is 7.28. The number of nitrogens with zero attached hydrogens (tertiary/aromatic N) is 3. The Hall–Kier alpha value is -2.21. The molecule has 0 bridgehead atoms. The largest absolute Gasteiger partial charge is 0.467 e. The lowest BCUT2D eigenvalue weighted by atomic mass is 9.86. The van der Waals surface area contributed by atoms with Gasteiger partial charge in [-0.3, -0.25) is 0 Å². The van der Waals surface area contributed by atoms with E-state index in [0.29, 0.717) is 50.3 Å². The zero-order valence-corrected chi connectivity index (χ0v) is 22.6. The molecular formula is C26H35N3O6S2. The molecular weight excluding hydrogens is 514 g/mol. The van der Waals surface area contributed by atoms with Crippen LogP contribution in [0.4, 0.5) is 4.79 Å². The molecule has 1 saturated heterocycles. The molecule has 1 aromatic heterocycles. The van der Waals surface area contributed by atoms with Crippen LogP contribution in [0, 0.1) is 5.92 Å². The molecule has 2 fully saturated rings. The van der Waals surface area contributed by atoms with Crippen molar-refractivity contribution in [1.29, 1.82) is 0 Å². The van der Waals surface area contributed by atoms with Crippen molar-refractivity contribution in [2.45, 2.75) is 51.0 Å². The Kier molecular flexibility index (Phi) is 8.33. The number of benzene rings is 1. The van der Waals surface area contributed by atoms with Crippen LogP contribution in [0.2, 0.25) is 0 Å². The van der Waals surface area contributed by atoms with Crippen LogP contribution in [0.1, 0.15) is 50.5 Å². The second-order valence-electron chi connectivity index (χ2n) is 10.1. The van der Waals surface area contributed by atoms with E-state index in [-0.39, 0.29) is 31.0 Å². The number of piperidine rings is 1. The lowest BCUT2D eigenvalue weighted by Gasteiger charge is -2.32. The van der Waals surface area contributed by atoms with Crippen molar-refractivity contribution >= 4 is 43.2 Å². The van der Waals surface area contributed by atoms with Crippen LogP contribution in [-0.2, 0) is 14.8 Å². The predicted octanol–water partition coefficient (Wildman–Crippen LogP) is 3.88. The highest BCUT2D eigenvalue weighted by molar-refractivity contribution is 7.89. The number of hydrogen-bond acceptors (Lipinski definition) is 8. The van der Waals surface area contributed by atoms with Gasteiger partial charge in [-0.2, -0.15) is 4.31 Å². The van der Waals surface area contributed by atoms with Gasteiger partial charge in [0.25, 0.3) is 5.19 Å². The number of ether oxygens (including phenoxy) is 2. The number of carbonyl (C=O) groups is 1. The smallest absolute Gasteiger partial charge is 0.409 e. The minimum absolute atomic E-state index is 0.0220. The molecule has 1 amide bonds. The van der Waals surface area contributed by atoms with Gasteiger partial charge in [0, 0.05) is 45.6 Å². The van der Waals surface area contributed by atoms with E-state index in [1.807, 2.05) is 18.2 Å². The molecule has 1 saturated carbocycles. The van der Waals surface area contributed by atoms with Gasteiger partial charge in [-0.15, -0.1) is 0 Å². The molecule has 2 aromatic rings. The number of carbonyl (C=O) groups excluding carboxylic acids is 1. The Morgan fingerprint density at radius 3 is 2.65 bits per heavy atom. The lowest BCUT2D eigenvalue weighted by Crippen LogP contribution is -2.42. The first-order valence-electron chi connectivity index (χ1n) is 13.2. The minimum Gasteiger partial charge on any atom is -0.467 e. The monoisotopic (exact) mass is 549 g/mol. The fraction of sp³-hybridized carbons (Fsp3) is 0.615. The van der Waals surface area contributed by atoms with E-state index in [1.165, 1.54) is 34.9 Å². The Bertz CT molecular complexity index is 1230. The highest BCUT2D eigenvalue weighted by atomic mass is 32.2. The molecule has 1 aromatic carbocycles. The van der Waals surface area contributed by atoms with Gasteiger partial charge in [-0.05, 0) is 54.9 Å². The second kappa shape index (κ2) is 11.7. The van der Waals surface area contributed by atoms with Gasteiger partial charge < -0.3 is 19.5 Å². The maximum absolute atomic E-state index is 12.4. The summed E-state index contributed by atoms with van der Waals surface area (Å²) in [6, 6.07) is 6.11. The van der Waals surface area contributed by atoms with Gasteiger partial charge in [-0.1, -0.05) is 29.9 Å². The highest BCUT2D eigenvalue weighted by Gasteiger charge is 2.28. The van der Waals surface area contributed by atoms with E-state index in [0.717, 1.165) is 34.2 Å². The first-order chi connectivity index (χ1) is 17.9. The Morgan fingerprint density at radius 1 is 1.16 bits per heavy atom. The van der Waals surface area contributed by atoms with E-state index in [2.05, 4.69) is 11.1 Å². The first kappa shape index (κ1) is 26.4. The molecule has 37 heavy (non-hydrogen) atoms. The third-order valence-electron chi connectivity index (χ3n) is 7.50. The third-order valence-corrected chi connectivity index (χ3v) is 10.3. The van der Waals surface area contributed by atoms with E-state index < -0.39 is 10.0 Å². The van der Waals surface area contributed by atoms with Gasteiger partial charge in [0.15, 0.2) is 0 Å². The fourth-order valence-electron chi connectivity index (χ4n) is 4.93. The summed E-state index contributed by atoms with van der Waals surface area (Å²) in [5, 5.41) is 9.58. The molecule has 0 atom stereocenters. The molecule has 0 spiro atoms. The van der Waals surface area contributed by atoms with E-state index >= 15 is 0 Å². The van der Waals surface area contributed by atoms with Crippen LogP contribution in [-0.4, -0.2) is 85.1 Å². The number of aromatic nitrogens is 1. The van der Waals surface area contributed by atoms with Gasteiger partial charge in [0.1, 0.15) is 6.10 Å². The quantitative estimate of drug-likeness (QED) is 0.506. The molecule has 1 N–H and O–H groups in total. The van der Waals surface area contributed by atoms with Crippen molar-refractivity contribution in [2.75, 3.05) is 45.1 Å². The zero-order chi connectivity index (χ0) is 25.8. The predicted molar refractivity (Wildman–Crippen MR) is 143 cm³/mol. The Morgan fingerprint density at radius 2 is 1.97 bits per heavy atom. The number of sulfonamides is 1. The number of rotatable bonds is 9. The molecule has 5 rings (SSSR count). The Balaban J connectivity index is 1.14. The molecule has 0 unspecified atom stereocenters. The molecule has 9 nitrogen and oxygen atoms in total. The normalized spacial score (nSPS) is 20.0. The van der Waals surface area contributed by atoms with Gasteiger partial charge in [0.2, 0.25) is 10.0 Å². The van der Waals surface area contributed by atoms with Crippen molar-refractivity contribution in [1.82, 2.24) is 14.2 Å². The zero-order valence-electron chi connectivity index (χ0n) is 21.0. The molecule has 2 aliphatic heterocycles. The van der Waals surface area contributed by atoms with Gasteiger partial charge in [0.05, 0.1) is 22.6 Å². The molecule has 3 aliphatic rings. The number of aliphatic hydroxyl groups is 1. The van der Waals surface area contributed by atoms with Crippen molar-refractivity contribution in [3.8, 4) is 5.19 Å². The number of amides is 1. The summed E-state index contributed by atoms with van der Waals surface area (Å²) in [7, 11) is -3.33. The van der Waals surface area contributed by atoms with Crippen LogP contribution in [0.15, 0.2) is 24.3 Å². The maximum Gasteiger partial charge on any atom is 0.409 e. The van der Waals surface area contributed by atoms with Crippen molar-refractivity contribution in [2.24, 2.45) is 5.92 Å². The van der Waals surface area contributed by atoms with E-state index in [1.54, 1.807) is 4.90 Å². The summed E-state index contributed by atoms with van der Waals surface area (Å²) in [5.74, 6) is 0.526. The van der Waals surface area contributed by atoms with Crippen LogP contribution >= 0.6 is 11.3 Å². The maximum atomic E-state index is 12.4. The number of fused-ring (bicyclic) bond motifs is 1. The Labute approximate surface area is 222 Å². The van der Waals surface area contributed by atoms with Crippen molar-refractivity contribution < 1.29 is 27.8 Å². The number of thiazole rings is 1. The van der Waals surface area contributed by atoms with Gasteiger partial charge in [-0.25, -0.2) is 18.2 Å². The molecule has 1 aliphatic carbocycles. The second-order valence-corrected chi connectivity index (χ2v) is 13.2. The summed E-state index contributed by atoms with van der Waals surface area (Å²) in [6.45, 7) is 2.48. The summed E-state index contributed by atoms with van der Waals surface area (Å²) in [6.07, 6.45) is 7.78. The highest BCUT2D eigenvalue weighted by Crippen LogP contribution is 2.33. The number of hydrogen-bond donors (Lipinski definition) is 1. The third kappa shape index (κ3) is 6.45. The first-order valence-corrected chi connectivity index (χ1v) is 15.6. The summed E-state index contributed by atoms with van der Waals surface area (Å²) in [4.78, 5) is 18.7. The van der Waals surface area contributed by atoms with Crippen LogP contribution < -0.4 is 4.74 Å². The van der Waals surface area contributed by atoms with E-state index in [4.69, 9.17) is 14.6 Å². The average molecular weight is 550 g/mol.